The van der Waals surface area contributed by atoms with Crippen LogP contribution in [-0.4, -0.2) is 76.7 Å². The molecule has 2 aliphatic rings. The maximum Gasteiger partial charge on any atom is 0.433 e. The summed E-state index contributed by atoms with van der Waals surface area (Å²) in [5, 5.41) is 0.520. The van der Waals surface area contributed by atoms with Crippen molar-refractivity contribution >= 4 is 39.3 Å². The standard InChI is InChI=1S/C20H21F3N4O3S/c1-12-13-4-5-14(20(21,22)23)24-16(13)31-15(12)17(28)26-8-10-27(11-9-26)19(30)18(29)25-6-2-3-7-25/h4-5H,2-3,6-11H2,1H3. The van der Waals surface area contributed by atoms with E-state index >= 15 is 0 Å². The molecule has 31 heavy (non-hydrogen) atoms. The van der Waals surface area contributed by atoms with Crippen LogP contribution in [0.25, 0.3) is 10.2 Å². The van der Waals surface area contributed by atoms with E-state index in [2.05, 4.69) is 4.98 Å². The first-order valence-electron chi connectivity index (χ1n) is 10.0. The highest BCUT2D eigenvalue weighted by molar-refractivity contribution is 7.20. The maximum absolute atomic E-state index is 13.0. The number of thiophene rings is 1. The van der Waals surface area contributed by atoms with Crippen LogP contribution in [0.4, 0.5) is 13.2 Å². The minimum absolute atomic E-state index is 0.167. The molecule has 2 fully saturated rings. The van der Waals surface area contributed by atoms with Gasteiger partial charge in [-0.2, -0.15) is 13.2 Å². The molecule has 0 spiro atoms. The second-order valence-corrected chi connectivity index (χ2v) is 8.69. The first-order valence-corrected chi connectivity index (χ1v) is 10.8. The van der Waals surface area contributed by atoms with Gasteiger partial charge in [0, 0.05) is 44.7 Å². The van der Waals surface area contributed by atoms with Crippen molar-refractivity contribution in [2.75, 3.05) is 39.3 Å². The number of carbonyl (C=O) groups is 3. The van der Waals surface area contributed by atoms with Gasteiger partial charge in [0.25, 0.3) is 5.91 Å². The van der Waals surface area contributed by atoms with Crippen molar-refractivity contribution in [1.29, 1.82) is 0 Å². The molecular weight excluding hydrogens is 433 g/mol. The maximum atomic E-state index is 13.0. The van der Waals surface area contributed by atoms with E-state index in [0.717, 1.165) is 30.2 Å². The number of nitrogens with zero attached hydrogens (tertiary/aromatic N) is 4. The number of hydrogen-bond acceptors (Lipinski definition) is 5. The predicted octanol–water partition coefficient (Wildman–Crippen LogP) is 2.53. The third-order valence-electron chi connectivity index (χ3n) is 5.72. The van der Waals surface area contributed by atoms with Gasteiger partial charge in [0.15, 0.2) is 0 Å². The van der Waals surface area contributed by atoms with Crippen LogP contribution >= 0.6 is 11.3 Å². The molecule has 0 unspecified atom stereocenters. The molecule has 0 aliphatic carbocycles. The summed E-state index contributed by atoms with van der Waals surface area (Å²) in [6, 6.07) is 2.26. The number of pyridine rings is 1. The number of piperazine rings is 1. The second kappa shape index (κ2) is 8.10. The van der Waals surface area contributed by atoms with Crippen molar-refractivity contribution in [3.05, 3.63) is 28.3 Å². The van der Waals surface area contributed by atoms with Crippen LogP contribution in [0.3, 0.4) is 0 Å². The summed E-state index contributed by atoms with van der Waals surface area (Å²) < 4.78 is 38.8. The lowest BCUT2D eigenvalue weighted by Crippen LogP contribution is -2.54. The Hall–Kier alpha value is -2.69. The molecule has 0 aromatic carbocycles. The summed E-state index contributed by atoms with van der Waals surface area (Å²) >= 11 is 0.941. The van der Waals surface area contributed by atoms with Crippen molar-refractivity contribution in [1.82, 2.24) is 19.7 Å². The van der Waals surface area contributed by atoms with Crippen LogP contribution in [0.2, 0.25) is 0 Å². The average Bonchev–Trinajstić information content (AvgIpc) is 3.40. The number of rotatable bonds is 1. The van der Waals surface area contributed by atoms with Gasteiger partial charge in [-0.15, -0.1) is 11.3 Å². The quantitative estimate of drug-likeness (QED) is 0.621. The Morgan fingerprint density at radius 3 is 2.03 bits per heavy atom. The summed E-state index contributed by atoms with van der Waals surface area (Å²) in [5.74, 6) is -1.34. The van der Waals surface area contributed by atoms with Crippen LogP contribution in [0.15, 0.2) is 12.1 Å². The highest BCUT2D eigenvalue weighted by Crippen LogP contribution is 2.34. The number of amides is 3. The van der Waals surface area contributed by atoms with E-state index in [-0.39, 0.29) is 36.9 Å². The third kappa shape index (κ3) is 4.10. The fourth-order valence-corrected chi connectivity index (χ4v) is 5.06. The van der Waals surface area contributed by atoms with Gasteiger partial charge >= 0.3 is 18.0 Å². The van der Waals surface area contributed by atoms with Gasteiger partial charge in [-0.3, -0.25) is 14.4 Å². The van der Waals surface area contributed by atoms with E-state index in [4.69, 9.17) is 0 Å². The molecular formula is C20H21F3N4O3S. The topological polar surface area (TPSA) is 73.8 Å². The van der Waals surface area contributed by atoms with E-state index in [1.807, 2.05) is 0 Å². The minimum Gasteiger partial charge on any atom is -0.334 e. The molecule has 0 saturated carbocycles. The smallest absolute Gasteiger partial charge is 0.334 e. The molecule has 166 valence electrons. The lowest BCUT2D eigenvalue weighted by atomic mass is 10.1. The molecule has 0 atom stereocenters. The summed E-state index contributed by atoms with van der Waals surface area (Å²) in [5.41, 5.74) is -0.399. The first-order chi connectivity index (χ1) is 14.7. The van der Waals surface area contributed by atoms with Gasteiger partial charge in [0.2, 0.25) is 0 Å². The highest BCUT2D eigenvalue weighted by Gasteiger charge is 2.34. The Labute approximate surface area is 180 Å². The number of alkyl halides is 3. The van der Waals surface area contributed by atoms with Gasteiger partial charge in [-0.1, -0.05) is 0 Å². The van der Waals surface area contributed by atoms with Crippen molar-refractivity contribution in [3.8, 4) is 0 Å². The van der Waals surface area contributed by atoms with Gasteiger partial charge in [-0.25, -0.2) is 4.98 Å². The molecule has 0 bridgehead atoms. The molecule has 2 aromatic rings. The van der Waals surface area contributed by atoms with Gasteiger partial charge in [0.1, 0.15) is 10.5 Å². The van der Waals surface area contributed by atoms with E-state index in [9.17, 15) is 27.6 Å². The molecule has 11 heteroatoms. The first kappa shape index (κ1) is 21.5. The van der Waals surface area contributed by atoms with Crippen molar-refractivity contribution in [3.63, 3.8) is 0 Å². The zero-order chi connectivity index (χ0) is 22.3. The van der Waals surface area contributed by atoms with E-state index < -0.39 is 23.7 Å². The van der Waals surface area contributed by atoms with Crippen LogP contribution in [0.1, 0.15) is 33.8 Å². The van der Waals surface area contributed by atoms with Crippen molar-refractivity contribution in [2.24, 2.45) is 0 Å². The highest BCUT2D eigenvalue weighted by atomic mass is 32.1. The Morgan fingerprint density at radius 1 is 0.903 bits per heavy atom. The van der Waals surface area contributed by atoms with Crippen LogP contribution in [0.5, 0.6) is 0 Å². The molecule has 2 saturated heterocycles. The minimum atomic E-state index is -4.55. The van der Waals surface area contributed by atoms with Gasteiger partial charge in [-0.05, 0) is 37.5 Å². The third-order valence-corrected chi connectivity index (χ3v) is 6.91. The largest absolute Gasteiger partial charge is 0.433 e. The van der Waals surface area contributed by atoms with Gasteiger partial charge in [0.05, 0.1) is 4.88 Å². The van der Waals surface area contributed by atoms with Crippen LogP contribution < -0.4 is 0 Å². The van der Waals surface area contributed by atoms with Crippen LogP contribution in [0, 0.1) is 6.92 Å². The van der Waals surface area contributed by atoms with E-state index in [1.54, 1.807) is 16.7 Å². The Kier molecular flexibility index (Phi) is 5.63. The number of aryl methyl sites for hydroxylation is 1. The Bertz CT molecular complexity index is 1040. The lowest BCUT2D eigenvalue weighted by molar-refractivity contribution is -0.152. The number of fused-ring (bicyclic) bond motifs is 1. The summed E-state index contributed by atoms with van der Waals surface area (Å²) in [4.78, 5) is 46.5. The SMILES string of the molecule is Cc1c(C(=O)N2CCN(C(=O)C(=O)N3CCCC3)CC2)sc2nc(C(F)(F)F)ccc12. The number of halogens is 3. The Morgan fingerprint density at radius 2 is 1.45 bits per heavy atom. The second-order valence-electron chi connectivity index (χ2n) is 7.69. The van der Waals surface area contributed by atoms with E-state index in [1.165, 1.54) is 11.0 Å². The molecule has 3 amide bonds. The fraction of sp³-hybridized carbons (Fsp3) is 0.500. The normalized spacial score (nSPS) is 17.5. The van der Waals surface area contributed by atoms with Crippen molar-refractivity contribution < 1.29 is 27.6 Å². The number of aromatic nitrogens is 1. The van der Waals surface area contributed by atoms with Crippen molar-refractivity contribution in [2.45, 2.75) is 25.9 Å². The average molecular weight is 454 g/mol. The van der Waals surface area contributed by atoms with Gasteiger partial charge < -0.3 is 14.7 Å². The molecule has 2 aliphatic heterocycles. The zero-order valence-electron chi connectivity index (χ0n) is 16.9. The summed E-state index contributed by atoms with van der Waals surface area (Å²) in [6.45, 7) is 3.88. The molecule has 2 aromatic heterocycles. The van der Waals surface area contributed by atoms with E-state index in [0.29, 0.717) is 28.9 Å². The molecule has 0 radical (unpaired) electrons. The lowest BCUT2D eigenvalue weighted by Gasteiger charge is -2.34. The summed E-state index contributed by atoms with van der Waals surface area (Å²) in [6.07, 6.45) is -2.75. The number of hydrogen-bond donors (Lipinski definition) is 0. The predicted molar refractivity (Wildman–Crippen MR) is 108 cm³/mol. The molecule has 4 heterocycles. The number of likely N-dealkylation sites (tertiary alicyclic amines) is 1. The fourth-order valence-electron chi connectivity index (χ4n) is 3.91. The summed E-state index contributed by atoms with van der Waals surface area (Å²) in [7, 11) is 0. The molecule has 0 N–H and O–H groups in total. The number of carbonyl (C=O) groups excluding carboxylic acids is 3. The zero-order valence-corrected chi connectivity index (χ0v) is 17.7. The molecule has 7 nitrogen and oxygen atoms in total. The van der Waals surface area contributed by atoms with Crippen LogP contribution in [-0.2, 0) is 15.8 Å². The Balaban J connectivity index is 1.45. The monoisotopic (exact) mass is 454 g/mol. The molecule has 4 rings (SSSR count).